The molecule has 0 aliphatic carbocycles. The molecule has 0 saturated heterocycles. The van der Waals surface area contributed by atoms with Crippen molar-refractivity contribution in [2.45, 2.75) is 26.7 Å². The molecule has 33 heavy (non-hydrogen) atoms. The van der Waals surface area contributed by atoms with E-state index in [1.165, 1.54) is 0 Å². The molecular weight excluding hydrogens is 418 g/mol. The van der Waals surface area contributed by atoms with Gasteiger partial charge in [0.25, 0.3) is 5.91 Å². The van der Waals surface area contributed by atoms with Gasteiger partial charge in [-0.2, -0.15) is 0 Å². The van der Waals surface area contributed by atoms with E-state index in [9.17, 15) is 9.59 Å². The van der Waals surface area contributed by atoms with Crippen LogP contribution in [0.5, 0.6) is 17.2 Å². The SMILES string of the molecule is CCCCOc1ccc(NC(=O)Nc2ccc3c(c2)C(=O)N(C)c2cc(C)ccc2O3)cc1. The van der Waals surface area contributed by atoms with E-state index in [1.54, 1.807) is 42.3 Å². The van der Waals surface area contributed by atoms with E-state index in [4.69, 9.17) is 9.47 Å². The van der Waals surface area contributed by atoms with Crippen LogP contribution in [-0.4, -0.2) is 25.6 Å². The Morgan fingerprint density at radius 1 is 0.970 bits per heavy atom. The summed E-state index contributed by atoms with van der Waals surface area (Å²) < 4.78 is 11.6. The molecule has 0 bridgehead atoms. The number of aryl methyl sites for hydroxylation is 1. The number of hydrogen-bond donors (Lipinski definition) is 2. The number of amides is 3. The zero-order valence-electron chi connectivity index (χ0n) is 19.0. The molecule has 0 radical (unpaired) electrons. The number of rotatable bonds is 6. The molecule has 3 aromatic rings. The van der Waals surface area contributed by atoms with Gasteiger partial charge in [-0.25, -0.2) is 4.79 Å². The van der Waals surface area contributed by atoms with E-state index < -0.39 is 6.03 Å². The third kappa shape index (κ3) is 5.09. The molecule has 170 valence electrons. The van der Waals surface area contributed by atoms with Crippen molar-refractivity contribution in [3.8, 4) is 17.2 Å². The van der Waals surface area contributed by atoms with Crippen LogP contribution in [0.1, 0.15) is 35.7 Å². The summed E-state index contributed by atoms with van der Waals surface area (Å²) in [6.45, 7) is 4.74. The molecule has 3 amide bonds. The van der Waals surface area contributed by atoms with E-state index in [0.29, 0.717) is 40.7 Å². The first-order valence-corrected chi connectivity index (χ1v) is 11.0. The molecule has 1 heterocycles. The van der Waals surface area contributed by atoms with Gasteiger partial charge in [-0.15, -0.1) is 0 Å². The first-order valence-electron chi connectivity index (χ1n) is 11.0. The van der Waals surface area contributed by atoms with Gasteiger partial charge >= 0.3 is 6.03 Å². The Labute approximate surface area is 193 Å². The quantitative estimate of drug-likeness (QED) is 0.443. The lowest BCUT2D eigenvalue weighted by atomic mass is 10.1. The maximum absolute atomic E-state index is 13.1. The van der Waals surface area contributed by atoms with E-state index >= 15 is 0 Å². The molecule has 7 nitrogen and oxygen atoms in total. The van der Waals surface area contributed by atoms with Crippen molar-refractivity contribution in [3.63, 3.8) is 0 Å². The number of unbranched alkanes of at least 4 members (excludes halogenated alkanes) is 1. The second-order valence-electron chi connectivity index (χ2n) is 7.95. The molecule has 2 N–H and O–H groups in total. The van der Waals surface area contributed by atoms with E-state index in [1.807, 2.05) is 37.3 Å². The fraction of sp³-hybridized carbons (Fsp3) is 0.231. The molecule has 0 atom stereocenters. The zero-order chi connectivity index (χ0) is 23.4. The molecule has 0 fully saturated rings. The van der Waals surface area contributed by atoms with Crippen LogP contribution >= 0.6 is 0 Å². The Morgan fingerprint density at radius 2 is 1.67 bits per heavy atom. The third-order valence-corrected chi connectivity index (χ3v) is 5.35. The summed E-state index contributed by atoms with van der Waals surface area (Å²) in [5, 5.41) is 5.56. The van der Waals surface area contributed by atoms with Gasteiger partial charge in [0.1, 0.15) is 11.5 Å². The molecule has 0 saturated carbocycles. The minimum absolute atomic E-state index is 0.211. The van der Waals surface area contributed by atoms with Gasteiger partial charge in [0, 0.05) is 18.4 Å². The Kier molecular flexibility index (Phi) is 6.49. The van der Waals surface area contributed by atoms with Crippen molar-refractivity contribution in [2.24, 2.45) is 0 Å². The third-order valence-electron chi connectivity index (χ3n) is 5.35. The second-order valence-corrected chi connectivity index (χ2v) is 7.95. The highest BCUT2D eigenvalue weighted by molar-refractivity contribution is 6.10. The standard InChI is InChI=1S/C26H27N3O4/c1-4-5-14-32-20-10-7-18(8-11-20)27-26(31)28-19-9-13-23-21(16-19)25(30)29(3)22-15-17(2)6-12-24(22)33-23/h6-13,15-16H,4-5,14H2,1-3H3,(H2,27,28,31). The lowest BCUT2D eigenvalue weighted by Crippen LogP contribution is -2.25. The van der Waals surface area contributed by atoms with E-state index in [2.05, 4.69) is 17.6 Å². The van der Waals surface area contributed by atoms with Crippen molar-refractivity contribution in [1.29, 1.82) is 0 Å². The van der Waals surface area contributed by atoms with Crippen LogP contribution in [0.2, 0.25) is 0 Å². The van der Waals surface area contributed by atoms with Crippen molar-refractivity contribution in [1.82, 2.24) is 0 Å². The summed E-state index contributed by atoms with van der Waals surface area (Å²) in [5.74, 6) is 1.60. The fourth-order valence-corrected chi connectivity index (χ4v) is 3.51. The molecule has 0 aromatic heterocycles. The maximum atomic E-state index is 13.1. The van der Waals surface area contributed by atoms with Crippen molar-refractivity contribution >= 4 is 29.0 Å². The Morgan fingerprint density at radius 3 is 2.42 bits per heavy atom. The van der Waals surface area contributed by atoms with Crippen LogP contribution in [0.25, 0.3) is 0 Å². The van der Waals surface area contributed by atoms with E-state index in [0.717, 1.165) is 24.2 Å². The van der Waals surface area contributed by atoms with Crippen LogP contribution in [0.3, 0.4) is 0 Å². The fourth-order valence-electron chi connectivity index (χ4n) is 3.51. The zero-order valence-corrected chi connectivity index (χ0v) is 19.0. The predicted molar refractivity (Wildman–Crippen MR) is 130 cm³/mol. The Balaban J connectivity index is 1.45. The minimum atomic E-state index is -0.413. The number of ether oxygens (including phenoxy) is 2. The number of fused-ring (bicyclic) bond motifs is 2. The smallest absolute Gasteiger partial charge is 0.323 e. The highest BCUT2D eigenvalue weighted by atomic mass is 16.5. The van der Waals surface area contributed by atoms with Gasteiger partial charge in [-0.3, -0.25) is 4.79 Å². The number of benzene rings is 3. The first-order chi connectivity index (χ1) is 15.9. The number of urea groups is 1. The van der Waals surface area contributed by atoms with Gasteiger partial charge in [0.05, 0.1) is 17.9 Å². The summed E-state index contributed by atoms with van der Waals surface area (Å²) in [6, 6.07) is 17.5. The van der Waals surface area contributed by atoms with Crippen LogP contribution in [0, 0.1) is 6.92 Å². The molecule has 3 aromatic carbocycles. The highest BCUT2D eigenvalue weighted by Gasteiger charge is 2.26. The largest absolute Gasteiger partial charge is 0.494 e. The lowest BCUT2D eigenvalue weighted by molar-refractivity contribution is 0.0993. The second kappa shape index (κ2) is 9.65. The number of carbonyl (C=O) groups excluding carboxylic acids is 2. The number of carbonyl (C=O) groups is 2. The van der Waals surface area contributed by atoms with Gasteiger partial charge in [-0.1, -0.05) is 19.4 Å². The molecule has 1 aliphatic heterocycles. The summed E-state index contributed by atoms with van der Waals surface area (Å²) >= 11 is 0. The van der Waals surface area contributed by atoms with Crippen LogP contribution in [-0.2, 0) is 0 Å². The Bertz CT molecular complexity index is 1170. The van der Waals surface area contributed by atoms with Crippen LogP contribution in [0.15, 0.2) is 60.7 Å². The van der Waals surface area contributed by atoms with Crippen LogP contribution in [0.4, 0.5) is 21.9 Å². The van der Waals surface area contributed by atoms with Gasteiger partial charge in [-0.05, 0) is 73.5 Å². The average Bonchev–Trinajstić information content (AvgIpc) is 2.90. The topological polar surface area (TPSA) is 79.9 Å². The van der Waals surface area contributed by atoms with Gasteiger partial charge in [0.2, 0.25) is 0 Å². The van der Waals surface area contributed by atoms with Crippen molar-refractivity contribution < 1.29 is 19.1 Å². The van der Waals surface area contributed by atoms with E-state index in [-0.39, 0.29) is 5.91 Å². The number of hydrogen-bond acceptors (Lipinski definition) is 4. The minimum Gasteiger partial charge on any atom is -0.494 e. The monoisotopic (exact) mass is 445 g/mol. The molecular formula is C26H27N3O4. The summed E-state index contributed by atoms with van der Waals surface area (Å²) in [5.41, 5.74) is 3.22. The molecule has 7 heteroatoms. The van der Waals surface area contributed by atoms with Crippen molar-refractivity contribution in [2.75, 3.05) is 29.2 Å². The number of anilines is 3. The lowest BCUT2D eigenvalue weighted by Gasteiger charge is -2.17. The predicted octanol–water partition coefficient (Wildman–Crippen LogP) is 6.20. The van der Waals surface area contributed by atoms with Gasteiger partial charge in [0.15, 0.2) is 5.75 Å². The summed E-state index contributed by atoms with van der Waals surface area (Å²) in [7, 11) is 1.71. The average molecular weight is 446 g/mol. The summed E-state index contributed by atoms with van der Waals surface area (Å²) in [4.78, 5) is 27.1. The number of nitrogens with one attached hydrogen (secondary N) is 2. The maximum Gasteiger partial charge on any atom is 0.323 e. The molecule has 4 rings (SSSR count). The first kappa shape index (κ1) is 22.2. The Hall–Kier alpha value is -4.00. The molecule has 1 aliphatic rings. The summed E-state index contributed by atoms with van der Waals surface area (Å²) in [6.07, 6.45) is 2.07. The van der Waals surface area contributed by atoms with Gasteiger partial charge < -0.3 is 25.0 Å². The number of nitrogens with zero attached hydrogens (tertiary/aromatic N) is 1. The van der Waals surface area contributed by atoms with Crippen molar-refractivity contribution in [3.05, 3.63) is 71.8 Å². The highest BCUT2D eigenvalue weighted by Crippen LogP contribution is 2.39. The molecule has 0 unspecified atom stereocenters. The molecule has 0 spiro atoms. The van der Waals surface area contributed by atoms with Crippen LogP contribution < -0.4 is 25.0 Å². The normalized spacial score (nSPS) is 12.2.